The van der Waals surface area contributed by atoms with Crippen LogP contribution in [0.15, 0.2) is 24.3 Å². The van der Waals surface area contributed by atoms with Crippen molar-refractivity contribution in [3.05, 3.63) is 40.8 Å². The minimum absolute atomic E-state index is 0.194. The second-order valence-corrected chi connectivity index (χ2v) is 5.72. The van der Waals surface area contributed by atoms with Crippen LogP contribution in [0.3, 0.4) is 0 Å². The summed E-state index contributed by atoms with van der Waals surface area (Å²) in [4.78, 5) is 8.52. The van der Waals surface area contributed by atoms with Gasteiger partial charge in [-0.3, -0.25) is 5.10 Å². The Kier molecular flexibility index (Phi) is 3.85. The number of nitrogens with one attached hydrogen (secondary N) is 2. The average molecular weight is 317 g/mol. The second kappa shape index (κ2) is 5.81. The van der Waals surface area contributed by atoms with Crippen molar-refractivity contribution in [2.75, 3.05) is 11.1 Å². The van der Waals surface area contributed by atoms with Crippen LogP contribution in [0.1, 0.15) is 31.0 Å². The molecule has 1 aromatic carbocycles. The maximum Gasteiger partial charge on any atom is 0.225 e. The first kappa shape index (κ1) is 14.6. The Morgan fingerprint density at radius 3 is 2.73 bits per heavy atom. The van der Waals surface area contributed by atoms with Gasteiger partial charge in [0.1, 0.15) is 5.52 Å². The summed E-state index contributed by atoms with van der Waals surface area (Å²) >= 11 is 6.04. The van der Waals surface area contributed by atoms with Gasteiger partial charge in [0.25, 0.3) is 0 Å². The second-order valence-electron chi connectivity index (χ2n) is 5.38. The monoisotopic (exact) mass is 316 g/mol. The molecule has 114 valence electrons. The highest BCUT2D eigenvalue weighted by molar-refractivity contribution is 6.28. The van der Waals surface area contributed by atoms with Gasteiger partial charge in [-0.15, -0.1) is 0 Å². The number of hydrogen-bond acceptors (Lipinski definition) is 5. The van der Waals surface area contributed by atoms with Crippen molar-refractivity contribution in [3.8, 4) is 0 Å². The minimum atomic E-state index is 0.194. The Morgan fingerprint density at radius 2 is 2.00 bits per heavy atom. The number of hydrogen-bond donors (Lipinski definition) is 3. The van der Waals surface area contributed by atoms with Crippen LogP contribution in [0, 0.1) is 0 Å². The Morgan fingerprint density at radius 1 is 1.23 bits per heavy atom. The predicted octanol–water partition coefficient (Wildman–Crippen LogP) is 3.32. The summed E-state index contributed by atoms with van der Waals surface area (Å²) in [5.41, 5.74) is 10.1. The van der Waals surface area contributed by atoms with E-state index < -0.39 is 0 Å². The van der Waals surface area contributed by atoms with Gasteiger partial charge in [0.05, 0.1) is 5.69 Å². The summed E-state index contributed by atoms with van der Waals surface area (Å²) in [5, 5.41) is 10.8. The Hall–Kier alpha value is -2.34. The number of fused-ring (bicyclic) bond motifs is 1. The van der Waals surface area contributed by atoms with Crippen LogP contribution in [-0.2, 0) is 6.54 Å². The molecule has 0 fully saturated rings. The van der Waals surface area contributed by atoms with E-state index in [1.165, 1.54) is 0 Å². The standard InChI is InChI=1S/C15H17ClN6/c1-8(2)11-12-13(22-21-11)14(20-15(16)19-12)18-7-9-5-3-4-6-10(9)17/h3-6,8H,7,17H2,1-2H3,(H,21,22)(H,18,19,20). The fourth-order valence-corrected chi connectivity index (χ4v) is 2.46. The predicted molar refractivity (Wildman–Crippen MR) is 89.0 cm³/mol. The lowest BCUT2D eigenvalue weighted by molar-refractivity contribution is 0.815. The fraction of sp³-hybridized carbons (Fsp3) is 0.267. The lowest BCUT2D eigenvalue weighted by Gasteiger charge is -2.09. The molecule has 7 heteroatoms. The number of para-hydroxylation sites is 1. The van der Waals surface area contributed by atoms with Crippen molar-refractivity contribution in [3.63, 3.8) is 0 Å². The molecule has 0 aliphatic carbocycles. The summed E-state index contributed by atoms with van der Waals surface area (Å²) in [5.74, 6) is 0.870. The number of nitrogens with zero attached hydrogens (tertiary/aromatic N) is 3. The van der Waals surface area contributed by atoms with Crippen LogP contribution in [0.25, 0.3) is 11.0 Å². The van der Waals surface area contributed by atoms with Gasteiger partial charge in [-0.05, 0) is 29.1 Å². The third-order valence-electron chi connectivity index (χ3n) is 3.48. The van der Waals surface area contributed by atoms with E-state index in [0.29, 0.717) is 17.9 Å². The van der Waals surface area contributed by atoms with Gasteiger partial charge in [-0.25, -0.2) is 4.98 Å². The van der Waals surface area contributed by atoms with Crippen LogP contribution in [0.5, 0.6) is 0 Å². The zero-order valence-electron chi connectivity index (χ0n) is 12.4. The highest BCUT2D eigenvalue weighted by atomic mass is 35.5. The summed E-state index contributed by atoms with van der Waals surface area (Å²) in [6.45, 7) is 4.68. The number of benzene rings is 1. The average Bonchev–Trinajstić information content (AvgIpc) is 2.90. The van der Waals surface area contributed by atoms with E-state index in [9.17, 15) is 0 Å². The van der Waals surface area contributed by atoms with Crippen LogP contribution >= 0.6 is 11.6 Å². The first-order chi connectivity index (χ1) is 10.6. The van der Waals surface area contributed by atoms with E-state index in [2.05, 4.69) is 39.3 Å². The molecule has 0 unspecified atom stereocenters. The van der Waals surface area contributed by atoms with E-state index in [4.69, 9.17) is 17.3 Å². The number of nitrogen functional groups attached to an aromatic ring is 1. The van der Waals surface area contributed by atoms with Crippen LogP contribution in [-0.4, -0.2) is 20.2 Å². The van der Waals surface area contributed by atoms with Crippen molar-refractivity contribution in [2.24, 2.45) is 0 Å². The fourth-order valence-electron chi connectivity index (χ4n) is 2.29. The maximum atomic E-state index is 6.04. The first-order valence-corrected chi connectivity index (χ1v) is 7.43. The topological polar surface area (TPSA) is 92.5 Å². The largest absolute Gasteiger partial charge is 0.398 e. The van der Waals surface area contributed by atoms with Gasteiger partial charge in [0.15, 0.2) is 11.3 Å². The van der Waals surface area contributed by atoms with Gasteiger partial charge < -0.3 is 11.1 Å². The molecule has 0 aliphatic rings. The van der Waals surface area contributed by atoms with Gasteiger partial charge in [0, 0.05) is 12.2 Å². The molecule has 4 N–H and O–H groups in total. The quantitative estimate of drug-likeness (QED) is 0.507. The molecular weight excluding hydrogens is 300 g/mol. The minimum Gasteiger partial charge on any atom is -0.398 e. The van der Waals surface area contributed by atoms with Crippen LogP contribution < -0.4 is 11.1 Å². The third-order valence-corrected chi connectivity index (χ3v) is 3.65. The summed E-state index contributed by atoms with van der Waals surface area (Å²) in [7, 11) is 0. The lowest BCUT2D eigenvalue weighted by atomic mass is 10.1. The van der Waals surface area contributed by atoms with E-state index in [0.717, 1.165) is 22.5 Å². The molecule has 3 rings (SSSR count). The van der Waals surface area contributed by atoms with Gasteiger partial charge in [-0.2, -0.15) is 10.1 Å². The summed E-state index contributed by atoms with van der Waals surface area (Å²) < 4.78 is 0. The first-order valence-electron chi connectivity index (χ1n) is 7.05. The highest BCUT2D eigenvalue weighted by Crippen LogP contribution is 2.27. The van der Waals surface area contributed by atoms with E-state index in [1.807, 2.05) is 24.3 Å². The van der Waals surface area contributed by atoms with Crippen molar-refractivity contribution in [1.29, 1.82) is 0 Å². The number of nitrogens with two attached hydrogens (primary N) is 1. The smallest absolute Gasteiger partial charge is 0.225 e. The molecule has 2 aromatic heterocycles. The SMILES string of the molecule is CC(C)c1[nH]nc2c(NCc3ccccc3N)nc(Cl)nc12. The molecule has 0 atom stereocenters. The zero-order chi connectivity index (χ0) is 15.7. The maximum absolute atomic E-state index is 6.04. The molecule has 0 radical (unpaired) electrons. The molecule has 6 nitrogen and oxygen atoms in total. The number of aromatic amines is 1. The van der Waals surface area contributed by atoms with Crippen LogP contribution in [0.2, 0.25) is 5.28 Å². The number of aromatic nitrogens is 4. The van der Waals surface area contributed by atoms with Gasteiger partial charge >= 0.3 is 0 Å². The molecule has 0 saturated carbocycles. The molecule has 0 aliphatic heterocycles. The molecule has 0 amide bonds. The van der Waals surface area contributed by atoms with Crippen molar-refractivity contribution >= 4 is 34.1 Å². The molecule has 0 bridgehead atoms. The lowest BCUT2D eigenvalue weighted by Crippen LogP contribution is -2.05. The van der Waals surface area contributed by atoms with Crippen molar-refractivity contribution in [2.45, 2.75) is 26.3 Å². The summed E-state index contributed by atoms with van der Waals surface area (Å²) in [6.07, 6.45) is 0. The van der Waals surface area contributed by atoms with Crippen molar-refractivity contribution in [1.82, 2.24) is 20.2 Å². The number of H-pyrrole nitrogens is 1. The highest BCUT2D eigenvalue weighted by Gasteiger charge is 2.16. The zero-order valence-corrected chi connectivity index (χ0v) is 13.1. The van der Waals surface area contributed by atoms with Gasteiger partial charge in [-0.1, -0.05) is 32.0 Å². The Labute approximate surface area is 133 Å². The van der Waals surface area contributed by atoms with E-state index >= 15 is 0 Å². The number of rotatable bonds is 4. The molecule has 2 heterocycles. The van der Waals surface area contributed by atoms with E-state index in [1.54, 1.807) is 0 Å². The molecule has 3 aromatic rings. The normalized spacial score (nSPS) is 11.3. The molecule has 22 heavy (non-hydrogen) atoms. The van der Waals surface area contributed by atoms with Crippen molar-refractivity contribution < 1.29 is 0 Å². The molecule has 0 spiro atoms. The Bertz CT molecular complexity index is 811. The summed E-state index contributed by atoms with van der Waals surface area (Å²) in [6, 6.07) is 7.68. The van der Waals surface area contributed by atoms with Crippen LogP contribution in [0.4, 0.5) is 11.5 Å². The molecule has 0 saturated heterocycles. The Balaban J connectivity index is 1.95. The van der Waals surface area contributed by atoms with Gasteiger partial charge in [0.2, 0.25) is 5.28 Å². The third kappa shape index (κ3) is 2.69. The van der Waals surface area contributed by atoms with E-state index in [-0.39, 0.29) is 11.2 Å². The molecular formula is C15H17ClN6. The number of halogens is 1. The number of anilines is 2.